The third-order valence-electron chi connectivity index (χ3n) is 8.71. The number of ether oxygens (including phenoxy) is 1. The monoisotopic (exact) mass is 553 g/mol. The van der Waals surface area contributed by atoms with E-state index in [4.69, 9.17) is 4.74 Å². The molecular weight excluding hydrogens is 510 g/mol. The maximum absolute atomic E-state index is 13.5. The standard InChI is InChI=1S/C30H43N5O5/c1-29(2,3)40-28(39)34-12-10-20(11-13-34)19-32-14-16-33(17-15-32)21-6-7-23-22(18-21)30(4,5)27(38)35(23)24-8-9-25(36)31-26(24)37/h6-7,18,20,24H,8-17,19H2,1-5H3,(H,31,36,37). The molecule has 0 aliphatic carbocycles. The van der Waals surface area contributed by atoms with E-state index in [1.165, 1.54) is 0 Å². The lowest BCUT2D eigenvalue weighted by Gasteiger charge is -2.40. The Morgan fingerprint density at radius 1 is 1.00 bits per heavy atom. The molecule has 1 atom stereocenters. The lowest BCUT2D eigenvalue weighted by atomic mass is 9.86. The fourth-order valence-corrected chi connectivity index (χ4v) is 6.37. The number of imide groups is 1. The molecule has 1 aromatic rings. The molecule has 1 unspecified atom stereocenters. The molecule has 0 radical (unpaired) electrons. The summed E-state index contributed by atoms with van der Waals surface area (Å²) in [5.74, 6) is -0.205. The van der Waals surface area contributed by atoms with Crippen LogP contribution in [0.1, 0.15) is 65.9 Å². The Bertz CT molecular complexity index is 1180. The van der Waals surface area contributed by atoms with Crippen molar-refractivity contribution in [1.82, 2.24) is 15.1 Å². The van der Waals surface area contributed by atoms with Gasteiger partial charge in [-0.2, -0.15) is 0 Å². The van der Waals surface area contributed by atoms with Crippen molar-refractivity contribution in [2.45, 2.75) is 77.4 Å². The van der Waals surface area contributed by atoms with Crippen molar-refractivity contribution in [3.05, 3.63) is 23.8 Å². The number of hydrogen-bond donors (Lipinski definition) is 1. The van der Waals surface area contributed by atoms with Gasteiger partial charge in [0.15, 0.2) is 0 Å². The number of rotatable bonds is 4. The largest absolute Gasteiger partial charge is 0.444 e. The van der Waals surface area contributed by atoms with Crippen LogP contribution in [0.5, 0.6) is 0 Å². The van der Waals surface area contributed by atoms with Crippen LogP contribution in [-0.2, 0) is 24.5 Å². The molecule has 10 nitrogen and oxygen atoms in total. The molecule has 3 fully saturated rings. The van der Waals surface area contributed by atoms with Gasteiger partial charge in [0.2, 0.25) is 17.7 Å². The minimum Gasteiger partial charge on any atom is -0.444 e. The van der Waals surface area contributed by atoms with Gasteiger partial charge in [-0.1, -0.05) is 0 Å². The van der Waals surface area contributed by atoms with Gasteiger partial charge in [-0.05, 0) is 83.6 Å². The lowest BCUT2D eigenvalue weighted by molar-refractivity contribution is -0.136. The number of nitrogens with one attached hydrogen (secondary N) is 1. The van der Waals surface area contributed by atoms with Gasteiger partial charge in [-0.3, -0.25) is 29.5 Å². The Hall–Kier alpha value is -3.14. The van der Waals surface area contributed by atoms with E-state index >= 15 is 0 Å². The van der Waals surface area contributed by atoms with Gasteiger partial charge in [0.25, 0.3) is 0 Å². The van der Waals surface area contributed by atoms with E-state index in [1.54, 1.807) is 4.90 Å². The number of carbonyl (C=O) groups excluding carboxylic acids is 4. The second kappa shape index (κ2) is 10.7. The smallest absolute Gasteiger partial charge is 0.410 e. The SMILES string of the molecule is CC(C)(C)OC(=O)N1CCC(CN2CCN(c3ccc4c(c3)C(C)(C)C(=O)N4C3CCC(=O)NC3=O)CC2)CC1. The van der Waals surface area contributed by atoms with E-state index in [1.807, 2.05) is 45.6 Å². The minimum absolute atomic E-state index is 0.100. The highest BCUT2D eigenvalue weighted by Gasteiger charge is 2.49. The Kier molecular flexibility index (Phi) is 7.58. The predicted octanol–water partition coefficient (Wildman–Crippen LogP) is 2.89. The van der Waals surface area contributed by atoms with E-state index in [0.29, 0.717) is 12.3 Å². The molecule has 40 heavy (non-hydrogen) atoms. The topological polar surface area (TPSA) is 102 Å². The number of anilines is 2. The van der Waals surface area contributed by atoms with Gasteiger partial charge in [-0.25, -0.2) is 4.79 Å². The normalized spacial score (nSPS) is 24.3. The molecule has 4 amide bonds. The number of benzene rings is 1. The molecule has 0 bridgehead atoms. The molecule has 10 heteroatoms. The van der Waals surface area contributed by atoms with E-state index in [0.717, 1.165) is 75.6 Å². The summed E-state index contributed by atoms with van der Waals surface area (Å²) in [5.41, 5.74) is 1.58. The molecular formula is C30H43N5O5. The summed E-state index contributed by atoms with van der Waals surface area (Å²) < 4.78 is 5.53. The van der Waals surface area contributed by atoms with Crippen LogP contribution < -0.4 is 15.1 Å². The number of likely N-dealkylation sites (tertiary alicyclic amines) is 1. The predicted molar refractivity (Wildman–Crippen MR) is 152 cm³/mol. The summed E-state index contributed by atoms with van der Waals surface area (Å²) in [5, 5.41) is 2.39. The van der Waals surface area contributed by atoms with Crippen LogP contribution >= 0.6 is 0 Å². The van der Waals surface area contributed by atoms with Gasteiger partial charge in [0, 0.05) is 63.6 Å². The highest BCUT2D eigenvalue weighted by atomic mass is 16.6. The highest BCUT2D eigenvalue weighted by Crippen LogP contribution is 2.45. The molecule has 218 valence electrons. The van der Waals surface area contributed by atoms with E-state index in [2.05, 4.69) is 27.2 Å². The number of carbonyl (C=O) groups is 4. The third kappa shape index (κ3) is 5.68. The van der Waals surface area contributed by atoms with Gasteiger partial charge in [0.1, 0.15) is 11.6 Å². The molecule has 3 saturated heterocycles. The molecule has 4 heterocycles. The number of amides is 4. The van der Waals surface area contributed by atoms with Crippen molar-refractivity contribution in [2.24, 2.45) is 5.92 Å². The quantitative estimate of drug-likeness (QED) is 0.572. The number of piperidine rings is 2. The van der Waals surface area contributed by atoms with Crippen LogP contribution in [-0.4, -0.2) is 91.1 Å². The Morgan fingerprint density at radius 2 is 1.68 bits per heavy atom. The van der Waals surface area contributed by atoms with Crippen LogP contribution in [0.2, 0.25) is 0 Å². The third-order valence-corrected chi connectivity index (χ3v) is 8.71. The molecule has 4 aliphatic rings. The van der Waals surface area contributed by atoms with Gasteiger partial charge in [0.05, 0.1) is 5.41 Å². The van der Waals surface area contributed by atoms with Crippen molar-refractivity contribution in [1.29, 1.82) is 0 Å². The van der Waals surface area contributed by atoms with Crippen LogP contribution in [0.25, 0.3) is 0 Å². The lowest BCUT2D eigenvalue weighted by Crippen LogP contribution is -2.55. The van der Waals surface area contributed by atoms with Crippen molar-refractivity contribution >= 4 is 35.2 Å². The first-order valence-electron chi connectivity index (χ1n) is 14.6. The Labute approximate surface area is 237 Å². The summed E-state index contributed by atoms with van der Waals surface area (Å²) >= 11 is 0. The molecule has 0 spiro atoms. The summed E-state index contributed by atoms with van der Waals surface area (Å²) in [6.45, 7) is 15.8. The highest BCUT2D eigenvalue weighted by molar-refractivity contribution is 6.13. The van der Waals surface area contributed by atoms with Crippen LogP contribution in [0.3, 0.4) is 0 Å². The summed E-state index contributed by atoms with van der Waals surface area (Å²) in [6.07, 6.45) is 2.37. The van der Waals surface area contributed by atoms with Gasteiger partial charge >= 0.3 is 6.09 Å². The average Bonchev–Trinajstić information content (AvgIpc) is 3.09. The van der Waals surface area contributed by atoms with Crippen LogP contribution in [0.4, 0.5) is 16.2 Å². The zero-order chi connectivity index (χ0) is 28.8. The molecule has 5 rings (SSSR count). The molecule has 1 aromatic carbocycles. The number of nitrogens with zero attached hydrogens (tertiary/aromatic N) is 4. The number of piperazine rings is 1. The zero-order valence-corrected chi connectivity index (χ0v) is 24.5. The van der Waals surface area contributed by atoms with E-state index < -0.39 is 23.0 Å². The average molecular weight is 554 g/mol. The molecule has 1 N–H and O–H groups in total. The van der Waals surface area contributed by atoms with Gasteiger partial charge in [-0.15, -0.1) is 0 Å². The fraction of sp³-hybridized carbons (Fsp3) is 0.667. The molecule has 0 saturated carbocycles. The Balaban J connectivity index is 1.17. The number of fused-ring (bicyclic) bond motifs is 1. The van der Waals surface area contributed by atoms with Crippen molar-refractivity contribution < 1.29 is 23.9 Å². The maximum Gasteiger partial charge on any atom is 0.410 e. The van der Waals surface area contributed by atoms with E-state index in [9.17, 15) is 19.2 Å². The first-order valence-corrected chi connectivity index (χ1v) is 14.6. The van der Waals surface area contributed by atoms with Crippen LogP contribution in [0.15, 0.2) is 18.2 Å². The van der Waals surface area contributed by atoms with Crippen LogP contribution in [0, 0.1) is 5.92 Å². The summed E-state index contributed by atoms with van der Waals surface area (Å²) in [4.78, 5) is 58.4. The summed E-state index contributed by atoms with van der Waals surface area (Å²) in [6, 6.07) is 5.47. The zero-order valence-electron chi connectivity index (χ0n) is 24.5. The van der Waals surface area contributed by atoms with E-state index in [-0.39, 0.29) is 24.3 Å². The second-order valence-electron chi connectivity index (χ2n) is 13.2. The maximum atomic E-state index is 13.5. The minimum atomic E-state index is -0.747. The first-order chi connectivity index (χ1) is 18.8. The molecule has 4 aliphatic heterocycles. The Morgan fingerprint density at radius 3 is 2.30 bits per heavy atom. The van der Waals surface area contributed by atoms with Crippen molar-refractivity contribution in [3.8, 4) is 0 Å². The molecule has 0 aromatic heterocycles. The summed E-state index contributed by atoms with van der Waals surface area (Å²) in [7, 11) is 0. The first kappa shape index (κ1) is 28.4. The number of hydrogen-bond acceptors (Lipinski definition) is 7. The van der Waals surface area contributed by atoms with Crippen molar-refractivity contribution in [2.75, 3.05) is 55.6 Å². The fourth-order valence-electron chi connectivity index (χ4n) is 6.37. The van der Waals surface area contributed by atoms with Gasteiger partial charge < -0.3 is 14.5 Å². The second-order valence-corrected chi connectivity index (χ2v) is 13.2. The van der Waals surface area contributed by atoms with Crippen molar-refractivity contribution in [3.63, 3.8) is 0 Å².